The van der Waals surface area contributed by atoms with Crippen molar-refractivity contribution in [2.75, 3.05) is 6.61 Å². The highest BCUT2D eigenvalue weighted by molar-refractivity contribution is 5.82. The molecule has 0 aliphatic rings. The van der Waals surface area contributed by atoms with Gasteiger partial charge in [0.05, 0.1) is 6.61 Å². The molecular formula is C15H10F5NO. The van der Waals surface area contributed by atoms with Gasteiger partial charge in [0.1, 0.15) is 11.4 Å². The maximum atomic E-state index is 13.4. The number of nitrogens with zero attached hydrogens (tertiary/aromatic N) is 1. The summed E-state index contributed by atoms with van der Waals surface area (Å²) in [6.45, 7) is 2.27. The second-order valence-corrected chi connectivity index (χ2v) is 4.18. The molecule has 0 aromatic heterocycles. The molecule has 0 saturated heterocycles. The third-order valence-electron chi connectivity index (χ3n) is 2.72. The summed E-state index contributed by atoms with van der Waals surface area (Å²) in [5.41, 5.74) is -0.822. The zero-order valence-corrected chi connectivity index (χ0v) is 11.3. The molecule has 0 heterocycles. The van der Waals surface area contributed by atoms with Crippen LogP contribution < -0.4 is 4.74 Å². The van der Waals surface area contributed by atoms with Crippen LogP contribution >= 0.6 is 0 Å². The first-order valence-corrected chi connectivity index (χ1v) is 6.24. The molecule has 0 atom stereocenters. The summed E-state index contributed by atoms with van der Waals surface area (Å²) in [5, 5.41) is 0. The van der Waals surface area contributed by atoms with Crippen LogP contribution in [0.3, 0.4) is 0 Å². The van der Waals surface area contributed by atoms with Crippen LogP contribution in [0.15, 0.2) is 29.3 Å². The Morgan fingerprint density at radius 3 is 1.86 bits per heavy atom. The highest BCUT2D eigenvalue weighted by Gasteiger charge is 2.25. The maximum Gasteiger partial charge on any atom is 0.200 e. The smallest absolute Gasteiger partial charge is 0.200 e. The van der Waals surface area contributed by atoms with Gasteiger partial charge in [-0.05, 0) is 36.8 Å². The second kappa shape index (κ2) is 6.55. The van der Waals surface area contributed by atoms with Crippen LogP contribution in [-0.2, 0) is 0 Å². The van der Waals surface area contributed by atoms with Gasteiger partial charge in [0.25, 0.3) is 0 Å². The Bertz CT molecular complexity index is 684. The monoisotopic (exact) mass is 315 g/mol. The van der Waals surface area contributed by atoms with E-state index in [9.17, 15) is 22.0 Å². The molecule has 7 heteroatoms. The summed E-state index contributed by atoms with van der Waals surface area (Å²) in [4.78, 5) is 3.35. The molecule has 0 unspecified atom stereocenters. The summed E-state index contributed by atoms with van der Waals surface area (Å²) in [7, 11) is 0. The van der Waals surface area contributed by atoms with Gasteiger partial charge in [-0.1, -0.05) is 0 Å². The Hall–Kier alpha value is -2.44. The first kappa shape index (κ1) is 15.9. The van der Waals surface area contributed by atoms with E-state index in [4.69, 9.17) is 4.74 Å². The molecule has 0 N–H and O–H groups in total. The molecular weight excluding hydrogens is 305 g/mol. The first-order valence-electron chi connectivity index (χ1n) is 6.24. The third kappa shape index (κ3) is 3.08. The molecule has 0 amide bonds. The van der Waals surface area contributed by atoms with Crippen molar-refractivity contribution in [2.24, 2.45) is 4.99 Å². The molecule has 22 heavy (non-hydrogen) atoms. The normalized spacial score (nSPS) is 11.2. The molecule has 0 spiro atoms. The van der Waals surface area contributed by atoms with Crippen LogP contribution in [0.25, 0.3) is 0 Å². The maximum absolute atomic E-state index is 13.4. The Morgan fingerprint density at radius 1 is 0.864 bits per heavy atom. The topological polar surface area (TPSA) is 21.6 Å². The van der Waals surface area contributed by atoms with E-state index in [0.717, 1.165) is 6.21 Å². The van der Waals surface area contributed by atoms with E-state index in [2.05, 4.69) is 4.99 Å². The third-order valence-corrected chi connectivity index (χ3v) is 2.72. The van der Waals surface area contributed by atoms with Crippen LogP contribution in [0.1, 0.15) is 12.5 Å². The number of aliphatic imine (C=N–C) groups is 1. The Kier molecular flexibility index (Phi) is 4.75. The van der Waals surface area contributed by atoms with E-state index in [0.29, 0.717) is 17.9 Å². The zero-order chi connectivity index (χ0) is 16.3. The van der Waals surface area contributed by atoms with E-state index < -0.39 is 34.8 Å². The molecule has 2 rings (SSSR count). The lowest BCUT2D eigenvalue weighted by atomic mass is 10.2. The Morgan fingerprint density at radius 2 is 1.36 bits per heavy atom. The molecule has 0 radical (unpaired) electrons. The van der Waals surface area contributed by atoms with Gasteiger partial charge in [0, 0.05) is 6.21 Å². The van der Waals surface area contributed by atoms with Crippen LogP contribution in [0, 0.1) is 29.1 Å². The van der Waals surface area contributed by atoms with Gasteiger partial charge < -0.3 is 4.74 Å². The predicted octanol–water partition coefficient (Wildman–Crippen LogP) is 4.53. The average Bonchev–Trinajstić information content (AvgIpc) is 2.53. The SMILES string of the molecule is CCOc1ccc(C=Nc2c(F)c(F)c(F)c(F)c2F)cc1. The lowest BCUT2D eigenvalue weighted by Gasteiger charge is -2.04. The van der Waals surface area contributed by atoms with Crippen LogP contribution in [0.2, 0.25) is 0 Å². The zero-order valence-electron chi connectivity index (χ0n) is 11.3. The van der Waals surface area contributed by atoms with Gasteiger partial charge in [-0.2, -0.15) is 0 Å². The summed E-state index contributed by atoms with van der Waals surface area (Å²) in [5.74, 6) is -9.64. The second-order valence-electron chi connectivity index (χ2n) is 4.18. The van der Waals surface area contributed by atoms with Crippen molar-refractivity contribution in [3.63, 3.8) is 0 Å². The minimum atomic E-state index is -2.21. The molecule has 2 nitrogen and oxygen atoms in total. The minimum Gasteiger partial charge on any atom is -0.494 e. The van der Waals surface area contributed by atoms with E-state index in [1.54, 1.807) is 19.1 Å². The van der Waals surface area contributed by atoms with Gasteiger partial charge in [0.15, 0.2) is 23.3 Å². The van der Waals surface area contributed by atoms with Crippen molar-refractivity contribution in [3.8, 4) is 5.75 Å². The Balaban J connectivity index is 2.34. The lowest BCUT2D eigenvalue weighted by Crippen LogP contribution is -2.00. The first-order chi connectivity index (χ1) is 10.5. The van der Waals surface area contributed by atoms with Crippen molar-refractivity contribution in [1.29, 1.82) is 0 Å². The minimum absolute atomic E-state index is 0.410. The van der Waals surface area contributed by atoms with Crippen LogP contribution in [0.5, 0.6) is 5.75 Å². The van der Waals surface area contributed by atoms with Crippen LogP contribution in [0.4, 0.5) is 27.6 Å². The number of benzene rings is 2. The van der Waals surface area contributed by atoms with Gasteiger partial charge in [-0.15, -0.1) is 0 Å². The fraction of sp³-hybridized carbons (Fsp3) is 0.133. The van der Waals surface area contributed by atoms with E-state index in [1.165, 1.54) is 12.1 Å². The number of hydrogen-bond acceptors (Lipinski definition) is 2. The molecule has 0 saturated carbocycles. The quantitative estimate of drug-likeness (QED) is 0.351. The molecule has 0 aliphatic heterocycles. The summed E-state index contributed by atoms with van der Waals surface area (Å²) in [6.07, 6.45) is 0.994. The standard InChI is InChI=1S/C15H10F5NO/c1-2-22-9-5-3-8(4-6-9)7-21-15-13(19)11(17)10(16)12(18)14(15)20/h3-7H,2H2,1H3. The van der Waals surface area contributed by atoms with Crippen molar-refractivity contribution in [3.05, 3.63) is 58.9 Å². The largest absolute Gasteiger partial charge is 0.494 e. The molecule has 2 aromatic carbocycles. The van der Waals surface area contributed by atoms with E-state index in [-0.39, 0.29) is 0 Å². The van der Waals surface area contributed by atoms with Gasteiger partial charge in [-0.3, -0.25) is 0 Å². The van der Waals surface area contributed by atoms with E-state index in [1.807, 2.05) is 0 Å². The fourth-order valence-electron chi connectivity index (χ4n) is 1.66. The lowest BCUT2D eigenvalue weighted by molar-refractivity contribution is 0.340. The van der Waals surface area contributed by atoms with E-state index >= 15 is 0 Å². The fourth-order valence-corrected chi connectivity index (χ4v) is 1.66. The average molecular weight is 315 g/mol. The van der Waals surface area contributed by atoms with Gasteiger partial charge in [-0.25, -0.2) is 26.9 Å². The van der Waals surface area contributed by atoms with Gasteiger partial charge in [0.2, 0.25) is 5.82 Å². The summed E-state index contributed by atoms with van der Waals surface area (Å²) >= 11 is 0. The highest BCUT2D eigenvalue weighted by Crippen LogP contribution is 2.29. The highest BCUT2D eigenvalue weighted by atomic mass is 19.2. The molecule has 2 aromatic rings. The number of ether oxygens (including phenoxy) is 1. The van der Waals surface area contributed by atoms with Crippen LogP contribution in [-0.4, -0.2) is 12.8 Å². The molecule has 116 valence electrons. The summed E-state index contributed by atoms with van der Waals surface area (Å²) in [6, 6.07) is 6.23. The number of halogens is 5. The number of rotatable bonds is 4. The Labute approximate surface area is 122 Å². The predicted molar refractivity (Wildman–Crippen MR) is 71.1 cm³/mol. The molecule has 0 aliphatic carbocycles. The number of hydrogen-bond donors (Lipinski definition) is 0. The molecule has 0 bridgehead atoms. The summed E-state index contributed by atoms with van der Waals surface area (Å²) < 4.78 is 70.9. The van der Waals surface area contributed by atoms with Crippen molar-refractivity contribution < 1.29 is 26.7 Å². The van der Waals surface area contributed by atoms with Crippen molar-refractivity contribution >= 4 is 11.9 Å². The van der Waals surface area contributed by atoms with Gasteiger partial charge >= 0.3 is 0 Å². The molecule has 0 fully saturated rings. The van der Waals surface area contributed by atoms with Crippen molar-refractivity contribution in [2.45, 2.75) is 6.92 Å². The van der Waals surface area contributed by atoms with Crippen molar-refractivity contribution in [1.82, 2.24) is 0 Å².